The van der Waals surface area contributed by atoms with Crippen LogP contribution in [-0.4, -0.2) is 37.4 Å². The number of aromatic nitrogens is 1. The monoisotopic (exact) mass is 338 g/mol. The summed E-state index contributed by atoms with van der Waals surface area (Å²) in [5.74, 6) is 0. The van der Waals surface area contributed by atoms with Crippen LogP contribution in [0, 0.1) is 0 Å². The molecule has 0 bridgehead atoms. The average molecular weight is 338 g/mol. The van der Waals surface area contributed by atoms with Crippen molar-refractivity contribution in [2.24, 2.45) is 0 Å². The van der Waals surface area contributed by atoms with E-state index in [1.807, 2.05) is 24.4 Å². The lowest BCUT2D eigenvalue weighted by atomic mass is 10.2. The third-order valence-electron chi connectivity index (χ3n) is 3.73. The number of hydrogen-bond acceptors (Lipinski definition) is 5. The minimum Gasteiger partial charge on any atom is -0.368 e. The van der Waals surface area contributed by atoms with E-state index in [0.717, 1.165) is 10.6 Å². The normalized spacial score (nSPS) is 20.1. The van der Waals surface area contributed by atoms with Gasteiger partial charge in [-0.15, -0.1) is 11.3 Å². The molecule has 0 spiro atoms. The Labute approximate surface area is 134 Å². The van der Waals surface area contributed by atoms with Gasteiger partial charge in [-0.25, -0.2) is 13.4 Å². The van der Waals surface area contributed by atoms with Crippen LogP contribution in [0.15, 0.2) is 40.7 Å². The van der Waals surface area contributed by atoms with Gasteiger partial charge in [0.2, 0.25) is 10.0 Å². The highest BCUT2D eigenvalue weighted by atomic mass is 32.2. The van der Waals surface area contributed by atoms with Crippen molar-refractivity contribution in [1.29, 1.82) is 0 Å². The standard InChI is InChI=1S/C15H18N2O3S2/c1-2-12-5-3-4-6-14(12)22(18,19)17-8-9-20-13(11-17)15-16-7-10-21-15/h3-7,10,13H,2,8-9,11H2,1H3/t13-/m0/s1. The van der Waals surface area contributed by atoms with Crippen molar-refractivity contribution in [3.05, 3.63) is 46.4 Å². The van der Waals surface area contributed by atoms with Crippen molar-refractivity contribution in [2.45, 2.75) is 24.3 Å². The molecule has 1 atom stereocenters. The zero-order valence-electron chi connectivity index (χ0n) is 12.3. The fourth-order valence-electron chi connectivity index (χ4n) is 2.57. The SMILES string of the molecule is CCc1ccccc1S(=O)(=O)N1CCO[C@H](c2nccs2)C1. The first-order valence-corrected chi connectivity index (χ1v) is 9.54. The Morgan fingerprint density at radius 1 is 1.41 bits per heavy atom. The number of thiazole rings is 1. The quantitative estimate of drug-likeness (QED) is 0.859. The third kappa shape index (κ3) is 2.94. The molecule has 2 heterocycles. The topological polar surface area (TPSA) is 59.5 Å². The summed E-state index contributed by atoms with van der Waals surface area (Å²) in [5.41, 5.74) is 0.847. The molecule has 3 rings (SSSR count). The first-order valence-electron chi connectivity index (χ1n) is 7.22. The second kappa shape index (κ2) is 6.45. The Balaban J connectivity index is 1.89. The molecule has 1 aliphatic rings. The van der Waals surface area contributed by atoms with Crippen LogP contribution < -0.4 is 0 Å². The maximum atomic E-state index is 12.9. The molecule has 0 saturated carbocycles. The maximum Gasteiger partial charge on any atom is 0.243 e. The number of hydrogen-bond donors (Lipinski definition) is 0. The first kappa shape index (κ1) is 15.6. The zero-order valence-corrected chi connectivity index (χ0v) is 13.9. The van der Waals surface area contributed by atoms with Crippen molar-refractivity contribution in [3.8, 4) is 0 Å². The predicted molar refractivity (Wildman–Crippen MR) is 85.4 cm³/mol. The number of rotatable bonds is 4. The van der Waals surface area contributed by atoms with E-state index in [1.165, 1.54) is 15.6 Å². The van der Waals surface area contributed by atoms with Gasteiger partial charge in [-0.05, 0) is 18.1 Å². The summed E-state index contributed by atoms with van der Waals surface area (Å²) >= 11 is 1.49. The molecule has 7 heteroatoms. The molecule has 0 radical (unpaired) electrons. The Hall–Kier alpha value is -1.28. The first-order chi connectivity index (χ1) is 10.6. The van der Waals surface area contributed by atoms with E-state index < -0.39 is 10.0 Å². The molecule has 22 heavy (non-hydrogen) atoms. The molecule has 0 N–H and O–H groups in total. The van der Waals surface area contributed by atoms with E-state index >= 15 is 0 Å². The fourth-order valence-corrected chi connectivity index (χ4v) is 4.97. The molecule has 5 nitrogen and oxygen atoms in total. The highest BCUT2D eigenvalue weighted by molar-refractivity contribution is 7.89. The van der Waals surface area contributed by atoms with Crippen LogP contribution in [0.4, 0.5) is 0 Å². The van der Waals surface area contributed by atoms with Gasteiger partial charge < -0.3 is 4.74 Å². The van der Waals surface area contributed by atoms with Crippen molar-refractivity contribution >= 4 is 21.4 Å². The molecule has 118 valence electrons. The van der Waals surface area contributed by atoms with Crippen LogP contribution in [-0.2, 0) is 21.2 Å². The van der Waals surface area contributed by atoms with Gasteiger partial charge in [0.05, 0.1) is 11.5 Å². The van der Waals surface area contributed by atoms with E-state index in [4.69, 9.17) is 4.74 Å². The molecule has 1 saturated heterocycles. The van der Waals surface area contributed by atoms with E-state index in [9.17, 15) is 8.42 Å². The van der Waals surface area contributed by atoms with Crippen LogP contribution >= 0.6 is 11.3 Å². The van der Waals surface area contributed by atoms with Crippen LogP contribution in [0.25, 0.3) is 0 Å². The molecule has 0 amide bonds. The van der Waals surface area contributed by atoms with Gasteiger partial charge >= 0.3 is 0 Å². The van der Waals surface area contributed by atoms with E-state index in [2.05, 4.69) is 4.98 Å². The average Bonchev–Trinajstić information content (AvgIpc) is 3.09. The van der Waals surface area contributed by atoms with Crippen LogP contribution in [0.3, 0.4) is 0 Å². The smallest absolute Gasteiger partial charge is 0.243 e. The molecule has 1 aromatic carbocycles. The van der Waals surface area contributed by atoms with Crippen LogP contribution in [0.1, 0.15) is 23.6 Å². The number of nitrogens with zero attached hydrogens (tertiary/aromatic N) is 2. The lowest BCUT2D eigenvalue weighted by Crippen LogP contribution is -2.42. The number of aryl methyl sites for hydroxylation is 1. The van der Waals surface area contributed by atoms with Gasteiger partial charge in [-0.1, -0.05) is 25.1 Å². The second-order valence-electron chi connectivity index (χ2n) is 5.05. The van der Waals surface area contributed by atoms with Gasteiger partial charge in [-0.3, -0.25) is 0 Å². The molecule has 1 aliphatic heterocycles. The van der Waals surface area contributed by atoms with Gasteiger partial charge in [0.25, 0.3) is 0 Å². The summed E-state index contributed by atoms with van der Waals surface area (Å²) in [6.45, 7) is 3.04. The van der Waals surface area contributed by atoms with Crippen molar-refractivity contribution in [3.63, 3.8) is 0 Å². The number of ether oxygens (including phenoxy) is 1. The Morgan fingerprint density at radius 2 is 2.23 bits per heavy atom. The van der Waals surface area contributed by atoms with Gasteiger partial charge in [0.1, 0.15) is 11.1 Å². The molecule has 2 aromatic rings. The van der Waals surface area contributed by atoms with Gasteiger partial charge in [0, 0.05) is 24.7 Å². The second-order valence-corrected chi connectivity index (χ2v) is 7.89. The maximum absolute atomic E-state index is 12.9. The third-order valence-corrected chi connectivity index (χ3v) is 6.56. The minimum atomic E-state index is -3.50. The van der Waals surface area contributed by atoms with E-state index in [-0.39, 0.29) is 6.10 Å². The minimum absolute atomic E-state index is 0.280. The highest BCUT2D eigenvalue weighted by Gasteiger charge is 2.33. The number of morpholine rings is 1. The molecule has 0 aliphatic carbocycles. The summed E-state index contributed by atoms with van der Waals surface area (Å²) in [6.07, 6.45) is 2.12. The lowest BCUT2D eigenvalue weighted by molar-refractivity contribution is -0.00267. The summed E-state index contributed by atoms with van der Waals surface area (Å²) in [5, 5.41) is 2.70. The van der Waals surface area contributed by atoms with Gasteiger partial charge in [-0.2, -0.15) is 4.31 Å². The molecular formula is C15H18N2O3S2. The van der Waals surface area contributed by atoms with Crippen LogP contribution in [0.2, 0.25) is 0 Å². The molecular weight excluding hydrogens is 320 g/mol. The Kier molecular flexibility index (Phi) is 4.58. The number of benzene rings is 1. The Morgan fingerprint density at radius 3 is 2.95 bits per heavy atom. The van der Waals surface area contributed by atoms with Crippen molar-refractivity contribution in [1.82, 2.24) is 9.29 Å². The molecule has 0 unspecified atom stereocenters. The van der Waals surface area contributed by atoms with Crippen molar-refractivity contribution in [2.75, 3.05) is 19.7 Å². The molecule has 1 aromatic heterocycles. The lowest BCUT2D eigenvalue weighted by Gasteiger charge is -2.31. The predicted octanol–water partition coefficient (Wildman–Crippen LogP) is 2.47. The summed E-state index contributed by atoms with van der Waals surface area (Å²) in [4.78, 5) is 4.64. The summed E-state index contributed by atoms with van der Waals surface area (Å²) in [7, 11) is -3.50. The van der Waals surface area contributed by atoms with E-state index in [1.54, 1.807) is 18.3 Å². The number of sulfonamides is 1. The highest BCUT2D eigenvalue weighted by Crippen LogP contribution is 2.28. The zero-order chi connectivity index (χ0) is 15.6. The van der Waals surface area contributed by atoms with E-state index in [0.29, 0.717) is 31.0 Å². The summed E-state index contributed by atoms with van der Waals surface area (Å²) in [6, 6.07) is 7.19. The van der Waals surface area contributed by atoms with Crippen LogP contribution in [0.5, 0.6) is 0 Å². The molecule has 1 fully saturated rings. The fraction of sp³-hybridized carbons (Fsp3) is 0.400. The Bertz CT molecular complexity index is 729. The summed E-state index contributed by atoms with van der Waals surface area (Å²) < 4.78 is 33.1. The van der Waals surface area contributed by atoms with Gasteiger partial charge in [0.15, 0.2) is 0 Å². The largest absolute Gasteiger partial charge is 0.368 e. The van der Waals surface area contributed by atoms with Crippen molar-refractivity contribution < 1.29 is 13.2 Å².